The van der Waals surface area contributed by atoms with E-state index in [0.717, 1.165) is 0 Å². The number of anilines is 2. The number of fused-ring (bicyclic) bond motifs is 2. The number of alkyl halides is 1. The molecule has 0 spiro atoms. The van der Waals surface area contributed by atoms with Gasteiger partial charge in [0.05, 0.1) is 25.9 Å². The van der Waals surface area contributed by atoms with E-state index in [2.05, 4.69) is 62.6 Å². The van der Waals surface area contributed by atoms with Gasteiger partial charge in [-0.05, 0) is 11.5 Å². The van der Waals surface area contributed by atoms with Crippen LogP contribution in [0.2, 0.25) is 0 Å². The Balaban J connectivity index is 0.00000352. The minimum absolute atomic E-state index is 0. The molecule has 26 nitrogen and oxygen atoms in total. The number of nitrogens with two attached hydrogens (primary N) is 2. The smallest absolute Gasteiger partial charge is 0.779 e. The molecular formula is C25H33ClN10Na4O16P4S4. The minimum Gasteiger partial charge on any atom is -0.779 e. The first-order valence-corrected chi connectivity index (χ1v) is 27.6. The molecule has 4 aromatic heterocycles. The molecule has 0 radical (unpaired) electrons. The maximum absolute atomic E-state index is 12.9. The largest absolute Gasteiger partial charge is 1.00 e. The number of halogens is 1. The van der Waals surface area contributed by atoms with E-state index in [-0.39, 0.29) is 163 Å². The number of rotatable bonds is 18. The summed E-state index contributed by atoms with van der Waals surface area (Å²) in [6.45, 7) is -8.77. The van der Waals surface area contributed by atoms with Gasteiger partial charge in [-0.25, -0.2) is 29.9 Å². The molecule has 5 unspecified atom stereocenters. The molecule has 0 amide bonds. The van der Waals surface area contributed by atoms with E-state index in [1.165, 1.54) is 45.3 Å². The fraction of sp³-hybridized carbons (Fsp3) is 0.600. The first-order chi connectivity index (χ1) is 28.0. The molecule has 2 fully saturated rings. The van der Waals surface area contributed by atoms with Gasteiger partial charge in [-0.3, -0.25) is 22.3 Å². The van der Waals surface area contributed by atoms with Crippen LogP contribution < -0.4 is 144 Å². The van der Waals surface area contributed by atoms with Gasteiger partial charge < -0.3 is 86.5 Å². The van der Waals surface area contributed by atoms with Gasteiger partial charge in [0.15, 0.2) is 65.7 Å². The summed E-state index contributed by atoms with van der Waals surface area (Å²) < 4.78 is 70.9. The molecule has 0 bridgehead atoms. The van der Waals surface area contributed by atoms with Crippen LogP contribution in [0.3, 0.4) is 0 Å². The molecule has 13 atom stereocenters. The van der Waals surface area contributed by atoms with E-state index >= 15 is 0 Å². The molecule has 2 saturated heterocycles. The Morgan fingerprint density at radius 3 is 1.56 bits per heavy atom. The van der Waals surface area contributed by atoms with Crippen molar-refractivity contribution >= 4 is 122 Å². The summed E-state index contributed by atoms with van der Waals surface area (Å²) in [5, 5.41) is 43.4. The Labute approximate surface area is 475 Å². The van der Waals surface area contributed by atoms with E-state index in [1.54, 1.807) is 0 Å². The molecule has 0 aromatic carbocycles. The Morgan fingerprint density at radius 1 is 0.766 bits per heavy atom. The fourth-order valence-corrected chi connectivity index (χ4v) is 15.6. The number of thioether (sulfide) groups is 2. The number of imidazole rings is 2. The van der Waals surface area contributed by atoms with Gasteiger partial charge in [0.2, 0.25) is 6.80 Å². The van der Waals surface area contributed by atoms with Gasteiger partial charge in [-0.15, -0.1) is 11.6 Å². The zero-order chi connectivity index (χ0) is 44.1. The van der Waals surface area contributed by atoms with Gasteiger partial charge in [0.1, 0.15) is 54.4 Å². The predicted molar refractivity (Wildman–Crippen MR) is 212 cm³/mol. The Kier molecular flexibility index (Phi) is 25.3. The van der Waals surface area contributed by atoms with Gasteiger partial charge in [0, 0.05) is 0 Å². The number of ether oxygens (including phenoxy) is 2. The van der Waals surface area contributed by atoms with Crippen LogP contribution in [-0.4, -0.2) is 126 Å². The Morgan fingerprint density at radius 2 is 1.16 bits per heavy atom. The van der Waals surface area contributed by atoms with Crippen LogP contribution in [0.1, 0.15) is 26.3 Å². The molecule has 64 heavy (non-hydrogen) atoms. The predicted octanol–water partition coefficient (Wildman–Crippen LogP) is -12.8. The van der Waals surface area contributed by atoms with Gasteiger partial charge >= 0.3 is 118 Å². The van der Waals surface area contributed by atoms with Crippen molar-refractivity contribution in [1.29, 1.82) is 0 Å². The summed E-state index contributed by atoms with van der Waals surface area (Å²) in [6, 6.07) is 0. The Bertz CT molecular complexity index is 2290. The zero-order valence-corrected chi connectivity index (χ0v) is 50.0. The van der Waals surface area contributed by atoms with Gasteiger partial charge in [-0.1, -0.05) is 49.2 Å². The number of aliphatic hydroxyl groups excluding tert-OH is 4. The third-order valence-electron chi connectivity index (χ3n) is 8.37. The number of nitrogens with zero attached hydrogens (tertiary/aromatic N) is 8. The zero-order valence-electron chi connectivity index (χ0n) is 34.4. The van der Waals surface area contributed by atoms with Crippen molar-refractivity contribution in [3.05, 3.63) is 12.7 Å². The second-order valence-corrected chi connectivity index (χ2v) is 25.8. The fourth-order valence-electron chi connectivity index (χ4n) is 5.69. The number of nitrogen functional groups attached to an aromatic ring is 2. The number of aromatic nitrogens is 8. The third kappa shape index (κ3) is 14.5. The van der Waals surface area contributed by atoms with Crippen molar-refractivity contribution < 1.29 is 194 Å². The summed E-state index contributed by atoms with van der Waals surface area (Å²) in [5.74, 6) is 1.25. The number of hydrogen-bond acceptors (Lipinski definition) is 28. The van der Waals surface area contributed by atoms with Gasteiger partial charge in [0.25, 0.3) is 0 Å². The van der Waals surface area contributed by atoms with Crippen molar-refractivity contribution in [2.75, 3.05) is 36.2 Å². The van der Waals surface area contributed by atoms with E-state index in [9.17, 15) is 48.8 Å². The summed E-state index contributed by atoms with van der Waals surface area (Å²) in [5.41, 5.74) is 12.5. The molecule has 334 valence electrons. The maximum atomic E-state index is 12.9. The molecule has 2 aliphatic rings. The number of hydrogen-bond donors (Lipinski definition) is 6. The summed E-state index contributed by atoms with van der Waals surface area (Å²) in [6.07, 6.45) is -10.3. The van der Waals surface area contributed by atoms with Crippen LogP contribution in [0.25, 0.3) is 22.3 Å². The molecule has 6 heterocycles. The van der Waals surface area contributed by atoms with Crippen molar-refractivity contribution in [3.63, 3.8) is 0 Å². The summed E-state index contributed by atoms with van der Waals surface area (Å²) >= 11 is 17.4. The first kappa shape index (κ1) is 63.0. The average Bonchev–Trinajstić information content (AvgIpc) is 3.91. The molecule has 8 N–H and O–H groups in total. The van der Waals surface area contributed by atoms with Gasteiger partial charge in [-0.2, -0.15) is 0 Å². The SMILES string of the molecule is CCSc1nc(N)c2ncn([C@@H]3O[C@H](COP(=O)([S-])OP(=O)([O-])C(Cl)P(=O)([O-])OP([O-])(=S)OC[C@H]4O[C@@H](n5cnc6c(N)nc(SCC)nc65)[C@H](O)[C@@H]4O)[C@@H](O)[C@H]3O)c2n1.[Na+].[Na+].[Na+].[Na+]. The van der Waals surface area contributed by atoms with E-state index < -0.39 is 95.9 Å². The van der Waals surface area contributed by atoms with Crippen LogP contribution >= 0.6 is 63.8 Å². The summed E-state index contributed by atoms with van der Waals surface area (Å²) in [7, 11) is -12.3. The summed E-state index contributed by atoms with van der Waals surface area (Å²) in [4.78, 5) is 60.6. The maximum Gasteiger partial charge on any atom is 1.00 e. The normalized spacial score (nSPS) is 27.5. The van der Waals surface area contributed by atoms with E-state index in [4.69, 9.17) is 41.6 Å². The molecule has 4 aromatic rings. The van der Waals surface area contributed by atoms with Crippen molar-refractivity contribution in [2.45, 2.75) is 78.1 Å². The van der Waals surface area contributed by atoms with Crippen molar-refractivity contribution in [3.8, 4) is 0 Å². The standard InChI is InChI=1S/C25H37ClN10O16P4S4.4Na/c1-3-59-24-31-17(27)11-19(33-24)35(7-29-11)21-15(39)13(37)9(49-21)5-47-55(45,57)51-53(41,42)23(26)54(43,44)52-56(46,58)48-6-10-14(38)16(40)22(50-10)36-8-30-12-18(28)32-25(60-4-2)34-20(12)36;;;;/h7-10,13-16,21-23,37-40H,3-6H2,1-2H3,(H,41,42)(H,43,44)(H,45,57)(H,46,58)(H2,27,31,33)(H2,28,32,34);;;;/q;4*+1/p-4/t9-,10-,13-,14-,15-,16-,21-,22-,23?,55?,56?;;;;/m1..../s1. The molecule has 2 aliphatic heterocycles. The second-order valence-electron chi connectivity index (χ2n) is 12.4. The average molecular weight is 1110 g/mol. The third-order valence-corrected chi connectivity index (χ3v) is 20.2. The van der Waals surface area contributed by atoms with Crippen LogP contribution in [0.4, 0.5) is 11.6 Å². The quantitative estimate of drug-likeness (QED) is 0.0135. The van der Waals surface area contributed by atoms with Crippen LogP contribution in [0.5, 0.6) is 0 Å². The van der Waals surface area contributed by atoms with Crippen LogP contribution in [0.15, 0.2) is 23.0 Å². The van der Waals surface area contributed by atoms with E-state index in [1.807, 2.05) is 13.8 Å². The van der Waals surface area contributed by atoms with Crippen LogP contribution in [0, 0.1) is 0 Å². The number of aliphatic hydroxyl groups is 4. The van der Waals surface area contributed by atoms with Crippen molar-refractivity contribution in [2.24, 2.45) is 0 Å². The monoisotopic (exact) mass is 1110 g/mol. The molecule has 0 saturated carbocycles. The van der Waals surface area contributed by atoms with Crippen LogP contribution in [-0.2, 0) is 64.9 Å². The molecule has 0 aliphatic carbocycles. The molecule has 39 heteroatoms. The van der Waals surface area contributed by atoms with Crippen molar-refractivity contribution in [1.82, 2.24) is 39.0 Å². The first-order valence-electron chi connectivity index (χ1n) is 16.9. The second kappa shape index (κ2) is 25.7. The minimum atomic E-state index is -6.14. The molecule has 6 rings (SSSR count). The topological polar surface area (TPSA) is 396 Å². The molecular weight excluding hydrogens is 1080 g/mol. The Hall–Kier alpha value is 2.86. The van der Waals surface area contributed by atoms with E-state index in [0.29, 0.717) is 11.5 Å².